The predicted octanol–water partition coefficient (Wildman–Crippen LogP) is 4.35. The Morgan fingerprint density at radius 2 is 2.11 bits per heavy atom. The van der Waals surface area contributed by atoms with Crippen molar-refractivity contribution in [1.29, 1.82) is 0 Å². The Labute approximate surface area is 166 Å². The Balaban J connectivity index is 1.42. The van der Waals surface area contributed by atoms with Gasteiger partial charge in [-0.05, 0) is 49.3 Å². The van der Waals surface area contributed by atoms with E-state index in [0.717, 1.165) is 12.8 Å². The minimum atomic E-state index is -3.54. The maximum absolute atomic E-state index is 12.5. The maximum Gasteiger partial charge on any atom is 0.250 e. The molecular formula is C18H21N3O3S3. The highest BCUT2D eigenvalue weighted by molar-refractivity contribution is 7.91. The summed E-state index contributed by atoms with van der Waals surface area (Å²) in [6, 6.07) is 3.66. The third-order valence-electron chi connectivity index (χ3n) is 4.86. The molecule has 27 heavy (non-hydrogen) atoms. The molecule has 3 heterocycles. The first-order valence-corrected chi connectivity index (χ1v) is 12.2. The van der Waals surface area contributed by atoms with E-state index in [9.17, 15) is 8.42 Å². The molecule has 0 amide bonds. The van der Waals surface area contributed by atoms with Gasteiger partial charge in [-0.25, -0.2) is 13.1 Å². The van der Waals surface area contributed by atoms with Crippen LogP contribution in [0.3, 0.4) is 0 Å². The molecule has 0 saturated heterocycles. The molecule has 0 radical (unpaired) electrons. The highest BCUT2D eigenvalue weighted by Gasteiger charge is 2.24. The van der Waals surface area contributed by atoms with E-state index in [1.165, 1.54) is 34.6 Å². The summed E-state index contributed by atoms with van der Waals surface area (Å²) in [5.41, 5.74) is 1.88. The molecular weight excluding hydrogens is 402 g/mol. The van der Waals surface area contributed by atoms with Crippen molar-refractivity contribution in [3.63, 3.8) is 0 Å². The van der Waals surface area contributed by atoms with Crippen LogP contribution in [0.15, 0.2) is 31.6 Å². The lowest BCUT2D eigenvalue weighted by Gasteiger charge is -2.04. The molecule has 6 nitrogen and oxygen atoms in total. The van der Waals surface area contributed by atoms with Gasteiger partial charge in [0.1, 0.15) is 4.21 Å². The van der Waals surface area contributed by atoms with Crippen molar-refractivity contribution < 1.29 is 12.9 Å². The molecule has 0 spiro atoms. The Kier molecular flexibility index (Phi) is 5.45. The van der Waals surface area contributed by atoms with Gasteiger partial charge < -0.3 is 4.52 Å². The van der Waals surface area contributed by atoms with Gasteiger partial charge in [0.25, 0.3) is 0 Å². The minimum Gasteiger partial charge on any atom is -0.339 e. The van der Waals surface area contributed by atoms with Gasteiger partial charge in [-0.2, -0.15) is 4.98 Å². The second-order valence-electron chi connectivity index (χ2n) is 6.77. The van der Waals surface area contributed by atoms with Crippen LogP contribution in [-0.2, 0) is 16.4 Å². The van der Waals surface area contributed by atoms with E-state index in [1.54, 1.807) is 22.8 Å². The lowest BCUT2D eigenvalue weighted by Crippen LogP contribution is -2.25. The zero-order valence-corrected chi connectivity index (χ0v) is 17.4. The van der Waals surface area contributed by atoms with Gasteiger partial charge in [0.2, 0.25) is 21.7 Å². The number of thiophene rings is 2. The van der Waals surface area contributed by atoms with Gasteiger partial charge in [0, 0.05) is 28.3 Å². The molecule has 0 bridgehead atoms. The summed E-state index contributed by atoms with van der Waals surface area (Å²) in [5, 5.41) is 7.83. The van der Waals surface area contributed by atoms with Gasteiger partial charge >= 0.3 is 0 Å². The van der Waals surface area contributed by atoms with Crippen molar-refractivity contribution in [1.82, 2.24) is 14.9 Å². The second kappa shape index (κ2) is 7.83. The molecule has 0 aliphatic heterocycles. The summed E-state index contributed by atoms with van der Waals surface area (Å²) in [7, 11) is -3.54. The number of nitrogens with zero attached hydrogens (tertiary/aromatic N) is 2. The minimum absolute atomic E-state index is 0.271. The third-order valence-corrected chi connectivity index (χ3v) is 8.84. The molecule has 0 aromatic carbocycles. The average Bonchev–Trinajstić information content (AvgIpc) is 3.42. The Morgan fingerprint density at radius 3 is 2.85 bits per heavy atom. The molecule has 0 atom stereocenters. The fraction of sp³-hybridized carbons (Fsp3) is 0.444. The summed E-state index contributed by atoms with van der Waals surface area (Å²) < 4.78 is 33.4. The topological polar surface area (TPSA) is 85.1 Å². The van der Waals surface area contributed by atoms with Crippen LogP contribution in [0.5, 0.6) is 0 Å². The predicted molar refractivity (Wildman–Crippen MR) is 107 cm³/mol. The maximum atomic E-state index is 12.5. The summed E-state index contributed by atoms with van der Waals surface area (Å²) >= 11 is 2.83. The summed E-state index contributed by atoms with van der Waals surface area (Å²) in [4.78, 5) is 5.68. The lowest BCUT2D eigenvalue weighted by molar-refractivity contribution is 0.354. The van der Waals surface area contributed by atoms with Gasteiger partial charge in [-0.1, -0.05) is 18.0 Å². The van der Waals surface area contributed by atoms with Crippen LogP contribution in [0.4, 0.5) is 0 Å². The number of aryl methyl sites for hydroxylation is 1. The molecule has 1 aliphatic rings. The van der Waals surface area contributed by atoms with Crippen molar-refractivity contribution in [3.05, 3.63) is 39.2 Å². The molecule has 1 fully saturated rings. The average molecular weight is 424 g/mol. The molecule has 9 heteroatoms. The summed E-state index contributed by atoms with van der Waals surface area (Å²) in [6.07, 6.45) is 5.24. The fourth-order valence-corrected chi connectivity index (χ4v) is 6.44. The monoisotopic (exact) mass is 423 g/mol. The number of aromatic nitrogens is 2. The molecule has 1 aliphatic carbocycles. The lowest BCUT2D eigenvalue weighted by atomic mass is 10.1. The number of nitrogens with one attached hydrogen (secondary N) is 1. The van der Waals surface area contributed by atoms with Crippen LogP contribution < -0.4 is 4.72 Å². The Bertz CT molecular complexity index is 1010. The first kappa shape index (κ1) is 18.8. The van der Waals surface area contributed by atoms with Crippen molar-refractivity contribution in [2.45, 2.75) is 49.2 Å². The van der Waals surface area contributed by atoms with E-state index in [1.807, 2.05) is 18.4 Å². The van der Waals surface area contributed by atoms with Gasteiger partial charge in [0.15, 0.2) is 0 Å². The quantitative estimate of drug-likeness (QED) is 0.611. The molecule has 3 aromatic rings. The van der Waals surface area contributed by atoms with Gasteiger partial charge in [-0.15, -0.1) is 22.7 Å². The van der Waals surface area contributed by atoms with Crippen LogP contribution in [-0.4, -0.2) is 25.1 Å². The van der Waals surface area contributed by atoms with Gasteiger partial charge in [-0.3, -0.25) is 0 Å². The van der Waals surface area contributed by atoms with E-state index in [0.29, 0.717) is 36.2 Å². The van der Waals surface area contributed by atoms with Crippen LogP contribution in [0.1, 0.15) is 47.9 Å². The highest BCUT2D eigenvalue weighted by atomic mass is 32.2. The van der Waals surface area contributed by atoms with Crippen LogP contribution in [0, 0.1) is 6.92 Å². The Morgan fingerprint density at radius 1 is 1.30 bits per heavy atom. The van der Waals surface area contributed by atoms with Crippen molar-refractivity contribution >= 4 is 32.7 Å². The summed E-state index contributed by atoms with van der Waals surface area (Å²) in [5.74, 6) is 1.47. The number of hydrogen-bond acceptors (Lipinski definition) is 7. The first-order valence-electron chi connectivity index (χ1n) is 8.98. The van der Waals surface area contributed by atoms with E-state index >= 15 is 0 Å². The third kappa shape index (κ3) is 4.16. The van der Waals surface area contributed by atoms with E-state index in [-0.39, 0.29) is 4.21 Å². The first-order chi connectivity index (χ1) is 13.0. The zero-order valence-electron chi connectivity index (χ0n) is 15.0. The largest absolute Gasteiger partial charge is 0.339 e. The number of rotatable bonds is 7. The van der Waals surface area contributed by atoms with Crippen LogP contribution in [0.2, 0.25) is 0 Å². The summed E-state index contributed by atoms with van der Waals surface area (Å²) in [6.45, 7) is 2.42. The van der Waals surface area contributed by atoms with Crippen LogP contribution >= 0.6 is 22.7 Å². The number of hydrogen-bond donors (Lipinski definition) is 1. The molecule has 0 unspecified atom stereocenters. The SMILES string of the molecule is Cc1ccsc1CCNS(=O)(=O)c1cc(-c2noc(C3CCCC3)n2)cs1. The fourth-order valence-electron chi connectivity index (χ4n) is 3.30. The molecule has 1 saturated carbocycles. The van der Waals surface area contributed by atoms with E-state index in [2.05, 4.69) is 14.9 Å². The number of sulfonamides is 1. The molecule has 1 N–H and O–H groups in total. The van der Waals surface area contributed by atoms with Crippen molar-refractivity contribution in [2.24, 2.45) is 0 Å². The second-order valence-corrected chi connectivity index (χ2v) is 10.7. The highest BCUT2D eigenvalue weighted by Crippen LogP contribution is 2.34. The smallest absolute Gasteiger partial charge is 0.250 e. The van der Waals surface area contributed by atoms with Gasteiger partial charge in [0.05, 0.1) is 0 Å². The van der Waals surface area contributed by atoms with Crippen LogP contribution in [0.25, 0.3) is 11.4 Å². The molecule has 3 aromatic heterocycles. The standard InChI is InChI=1S/C18H21N3O3S3/c1-12-7-9-25-15(12)6-8-19-27(22,23)16-10-14(11-26-16)17-20-18(24-21-17)13-4-2-3-5-13/h7,9-11,13,19H,2-6,8H2,1H3. The van der Waals surface area contributed by atoms with E-state index in [4.69, 9.17) is 4.52 Å². The zero-order chi connectivity index (χ0) is 18.9. The van der Waals surface area contributed by atoms with Crippen molar-refractivity contribution in [2.75, 3.05) is 6.54 Å². The molecule has 144 valence electrons. The Hall–Kier alpha value is -1.55. The van der Waals surface area contributed by atoms with E-state index < -0.39 is 10.0 Å². The van der Waals surface area contributed by atoms with Crippen molar-refractivity contribution in [3.8, 4) is 11.4 Å². The molecule has 4 rings (SSSR count). The normalized spacial score (nSPS) is 15.6.